The third-order valence-electron chi connectivity index (χ3n) is 2.80. The normalized spacial score (nSPS) is 10.8. The summed E-state index contributed by atoms with van der Waals surface area (Å²) in [4.78, 5) is 12.3. The van der Waals surface area contributed by atoms with Gasteiger partial charge in [-0.3, -0.25) is 4.79 Å². The summed E-state index contributed by atoms with van der Waals surface area (Å²) in [7, 11) is 0. The van der Waals surface area contributed by atoms with Gasteiger partial charge in [-0.1, -0.05) is 41.4 Å². The summed E-state index contributed by atoms with van der Waals surface area (Å²) in [5.74, 6) is 0.378. The molecule has 108 valence electrons. The number of carbonyl (C=O) groups excluding carboxylic acids is 1. The van der Waals surface area contributed by atoms with Gasteiger partial charge in [0.15, 0.2) is 5.78 Å². The summed E-state index contributed by atoms with van der Waals surface area (Å²) in [6.07, 6.45) is 3.23. The molecule has 4 heteroatoms. The van der Waals surface area contributed by atoms with E-state index in [1.54, 1.807) is 36.4 Å². The molecule has 0 N–H and O–H groups in total. The lowest BCUT2D eigenvalue weighted by Crippen LogP contribution is -2.01. The van der Waals surface area contributed by atoms with E-state index in [1.807, 2.05) is 19.1 Å². The molecule has 2 aromatic carbocycles. The Morgan fingerprint density at radius 2 is 1.76 bits per heavy atom. The van der Waals surface area contributed by atoms with Crippen molar-refractivity contribution in [2.24, 2.45) is 0 Å². The van der Waals surface area contributed by atoms with Crippen molar-refractivity contribution in [2.75, 3.05) is 6.61 Å². The molecule has 0 aliphatic heterocycles. The van der Waals surface area contributed by atoms with Gasteiger partial charge in [-0.2, -0.15) is 0 Å². The van der Waals surface area contributed by atoms with Crippen LogP contribution in [0.5, 0.6) is 5.75 Å². The van der Waals surface area contributed by atoms with E-state index >= 15 is 0 Å². The van der Waals surface area contributed by atoms with E-state index in [0.717, 1.165) is 5.56 Å². The maximum atomic E-state index is 12.3. The molecule has 0 aromatic heterocycles. The average molecular weight is 321 g/mol. The van der Waals surface area contributed by atoms with Crippen molar-refractivity contribution in [3.05, 3.63) is 69.7 Å². The number of hydrogen-bond acceptors (Lipinski definition) is 2. The quantitative estimate of drug-likeness (QED) is 0.552. The highest BCUT2D eigenvalue weighted by atomic mass is 35.5. The zero-order valence-corrected chi connectivity index (χ0v) is 13.0. The average Bonchev–Trinajstić information content (AvgIpc) is 2.48. The first-order chi connectivity index (χ1) is 10.1. The Morgan fingerprint density at radius 1 is 1.10 bits per heavy atom. The van der Waals surface area contributed by atoms with Crippen molar-refractivity contribution in [1.29, 1.82) is 0 Å². The van der Waals surface area contributed by atoms with Crippen LogP contribution in [0.3, 0.4) is 0 Å². The fourth-order valence-electron chi connectivity index (χ4n) is 1.81. The summed E-state index contributed by atoms with van der Waals surface area (Å²) in [6, 6.07) is 12.2. The standard InChI is InChI=1S/C17H14Cl2O2/c1-2-21-17-10-8-14(19)11-15(17)16(20)9-5-12-3-6-13(18)7-4-12/h3-11H,2H2,1H3/b9-5+. The van der Waals surface area contributed by atoms with E-state index in [2.05, 4.69) is 0 Å². The highest BCUT2D eigenvalue weighted by Crippen LogP contribution is 2.24. The Hall–Kier alpha value is -1.77. The minimum Gasteiger partial charge on any atom is -0.493 e. The van der Waals surface area contributed by atoms with Gasteiger partial charge in [-0.15, -0.1) is 0 Å². The Bertz CT molecular complexity index is 661. The zero-order chi connectivity index (χ0) is 15.2. The molecule has 0 saturated heterocycles. The van der Waals surface area contributed by atoms with Crippen molar-refractivity contribution >= 4 is 35.1 Å². The van der Waals surface area contributed by atoms with Crippen molar-refractivity contribution < 1.29 is 9.53 Å². The van der Waals surface area contributed by atoms with Gasteiger partial charge in [0.25, 0.3) is 0 Å². The molecule has 0 unspecified atom stereocenters. The Labute approximate surface area is 134 Å². The van der Waals surface area contributed by atoms with Crippen LogP contribution in [0.1, 0.15) is 22.8 Å². The van der Waals surface area contributed by atoms with Crippen LogP contribution in [0.25, 0.3) is 6.08 Å². The summed E-state index contributed by atoms with van der Waals surface area (Å²) in [6.45, 7) is 2.36. The van der Waals surface area contributed by atoms with Gasteiger partial charge in [0, 0.05) is 10.0 Å². The molecule has 0 radical (unpaired) electrons. The molecule has 2 nitrogen and oxygen atoms in total. The first-order valence-electron chi connectivity index (χ1n) is 6.50. The second kappa shape index (κ2) is 7.30. The predicted octanol–water partition coefficient (Wildman–Crippen LogP) is 5.29. The van der Waals surface area contributed by atoms with Crippen LogP contribution >= 0.6 is 23.2 Å². The fourth-order valence-corrected chi connectivity index (χ4v) is 2.11. The van der Waals surface area contributed by atoms with Crippen molar-refractivity contribution in [1.82, 2.24) is 0 Å². The lowest BCUT2D eigenvalue weighted by atomic mass is 10.1. The SMILES string of the molecule is CCOc1ccc(Cl)cc1C(=O)/C=C/c1ccc(Cl)cc1. The minimum absolute atomic E-state index is 0.157. The fraction of sp³-hybridized carbons (Fsp3) is 0.118. The van der Waals surface area contributed by atoms with E-state index in [0.29, 0.717) is 28.0 Å². The molecular weight excluding hydrogens is 307 g/mol. The van der Waals surface area contributed by atoms with Crippen molar-refractivity contribution in [3.8, 4) is 5.75 Å². The van der Waals surface area contributed by atoms with Crippen LogP contribution in [0.4, 0.5) is 0 Å². The Kier molecular flexibility index (Phi) is 5.43. The number of hydrogen-bond donors (Lipinski definition) is 0. The molecule has 0 fully saturated rings. The summed E-state index contributed by atoms with van der Waals surface area (Å²) in [5.41, 5.74) is 1.35. The van der Waals surface area contributed by atoms with Crippen molar-refractivity contribution in [2.45, 2.75) is 6.92 Å². The van der Waals surface area contributed by atoms with Crippen LogP contribution in [0, 0.1) is 0 Å². The summed E-state index contributed by atoms with van der Waals surface area (Å²) >= 11 is 11.8. The van der Waals surface area contributed by atoms with Gasteiger partial charge in [-0.25, -0.2) is 0 Å². The van der Waals surface area contributed by atoms with Crippen molar-refractivity contribution in [3.63, 3.8) is 0 Å². The van der Waals surface area contributed by atoms with Gasteiger partial charge < -0.3 is 4.74 Å². The van der Waals surface area contributed by atoms with Gasteiger partial charge in [0.1, 0.15) is 5.75 Å². The van der Waals surface area contributed by atoms with E-state index in [-0.39, 0.29) is 5.78 Å². The van der Waals surface area contributed by atoms with Gasteiger partial charge in [0.2, 0.25) is 0 Å². The van der Waals surface area contributed by atoms with E-state index in [4.69, 9.17) is 27.9 Å². The molecule has 0 amide bonds. The summed E-state index contributed by atoms with van der Waals surface area (Å²) in [5, 5.41) is 1.16. The molecule has 2 rings (SSSR count). The van der Waals surface area contributed by atoms with Crippen LogP contribution in [-0.2, 0) is 0 Å². The van der Waals surface area contributed by atoms with Gasteiger partial charge in [-0.05, 0) is 48.9 Å². The van der Waals surface area contributed by atoms with Crippen LogP contribution < -0.4 is 4.74 Å². The second-order valence-electron chi connectivity index (χ2n) is 4.32. The molecule has 0 saturated carbocycles. The van der Waals surface area contributed by atoms with E-state index in [1.165, 1.54) is 6.08 Å². The first-order valence-corrected chi connectivity index (χ1v) is 7.26. The number of rotatable bonds is 5. The lowest BCUT2D eigenvalue weighted by Gasteiger charge is -2.08. The molecule has 0 aliphatic carbocycles. The van der Waals surface area contributed by atoms with Crippen LogP contribution in [-0.4, -0.2) is 12.4 Å². The zero-order valence-electron chi connectivity index (χ0n) is 11.5. The molecule has 0 atom stereocenters. The Morgan fingerprint density at radius 3 is 2.43 bits per heavy atom. The van der Waals surface area contributed by atoms with Gasteiger partial charge >= 0.3 is 0 Å². The first kappa shape index (κ1) is 15.6. The molecule has 0 bridgehead atoms. The predicted molar refractivity (Wildman–Crippen MR) is 87.4 cm³/mol. The molecular formula is C17H14Cl2O2. The van der Waals surface area contributed by atoms with Gasteiger partial charge in [0.05, 0.1) is 12.2 Å². The lowest BCUT2D eigenvalue weighted by molar-refractivity contribution is 0.104. The maximum absolute atomic E-state index is 12.3. The minimum atomic E-state index is -0.157. The maximum Gasteiger partial charge on any atom is 0.189 e. The topological polar surface area (TPSA) is 26.3 Å². The molecule has 0 aliphatic rings. The summed E-state index contributed by atoms with van der Waals surface area (Å²) < 4.78 is 5.45. The highest BCUT2D eigenvalue weighted by molar-refractivity contribution is 6.31. The molecule has 0 heterocycles. The van der Waals surface area contributed by atoms with E-state index < -0.39 is 0 Å². The molecule has 2 aromatic rings. The number of benzene rings is 2. The Balaban J connectivity index is 2.23. The monoisotopic (exact) mass is 320 g/mol. The van der Waals surface area contributed by atoms with E-state index in [9.17, 15) is 4.79 Å². The number of ether oxygens (including phenoxy) is 1. The number of ketones is 1. The third kappa shape index (κ3) is 4.35. The smallest absolute Gasteiger partial charge is 0.189 e. The number of halogens is 2. The third-order valence-corrected chi connectivity index (χ3v) is 3.29. The van der Waals surface area contributed by atoms with Crippen LogP contribution in [0.2, 0.25) is 10.0 Å². The highest BCUT2D eigenvalue weighted by Gasteiger charge is 2.10. The second-order valence-corrected chi connectivity index (χ2v) is 5.20. The largest absolute Gasteiger partial charge is 0.493 e. The number of carbonyl (C=O) groups is 1. The molecule has 21 heavy (non-hydrogen) atoms. The van der Waals surface area contributed by atoms with Crippen LogP contribution in [0.15, 0.2) is 48.5 Å². The molecule has 0 spiro atoms. The number of allylic oxidation sites excluding steroid dienone is 1.